The standard InChI is InChI=1S/C14H9F3N2O2/c1-20-12-5-11(7-19-8-12)9-2-3-13(10(4-9)6-18)21-14(15,16)17/h2-5,7-8H,1H3. The van der Waals surface area contributed by atoms with Gasteiger partial charge in [0.1, 0.15) is 17.6 Å². The summed E-state index contributed by atoms with van der Waals surface area (Å²) in [5, 5.41) is 8.95. The number of alkyl halides is 3. The molecule has 0 unspecified atom stereocenters. The number of ether oxygens (including phenoxy) is 2. The monoisotopic (exact) mass is 294 g/mol. The molecular formula is C14H9F3N2O2. The molecule has 0 saturated heterocycles. The Bertz CT molecular complexity index is 693. The van der Waals surface area contributed by atoms with Crippen molar-refractivity contribution in [2.75, 3.05) is 7.11 Å². The first-order valence-corrected chi connectivity index (χ1v) is 5.72. The maximum atomic E-state index is 12.2. The van der Waals surface area contributed by atoms with Crippen molar-refractivity contribution in [3.63, 3.8) is 0 Å². The number of hydrogen-bond donors (Lipinski definition) is 0. The van der Waals surface area contributed by atoms with E-state index in [1.54, 1.807) is 12.1 Å². The molecule has 0 atom stereocenters. The van der Waals surface area contributed by atoms with E-state index < -0.39 is 12.1 Å². The van der Waals surface area contributed by atoms with Crippen LogP contribution in [0.3, 0.4) is 0 Å². The Morgan fingerprint density at radius 3 is 2.52 bits per heavy atom. The summed E-state index contributed by atoms with van der Waals surface area (Å²) in [5.74, 6) is -0.0359. The lowest BCUT2D eigenvalue weighted by Crippen LogP contribution is -2.17. The highest BCUT2D eigenvalue weighted by molar-refractivity contribution is 5.67. The third-order valence-corrected chi connectivity index (χ3v) is 2.61. The topological polar surface area (TPSA) is 55.1 Å². The van der Waals surface area contributed by atoms with Crippen molar-refractivity contribution < 1.29 is 22.6 Å². The molecule has 0 spiro atoms. The van der Waals surface area contributed by atoms with Crippen LogP contribution in [0.4, 0.5) is 13.2 Å². The van der Waals surface area contributed by atoms with Crippen molar-refractivity contribution in [2.45, 2.75) is 6.36 Å². The molecule has 0 fully saturated rings. The fourth-order valence-electron chi connectivity index (χ4n) is 1.70. The number of rotatable bonds is 3. The summed E-state index contributed by atoms with van der Waals surface area (Å²) in [6.45, 7) is 0. The second-order valence-corrected chi connectivity index (χ2v) is 3.98. The lowest BCUT2D eigenvalue weighted by atomic mass is 10.0. The number of benzene rings is 1. The number of pyridine rings is 1. The van der Waals surface area contributed by atoms with Gasteiger partial charge in [0.05, 0.1) is 18.9 Å². The van der Waals surface area contributed by atoms with Crippen molar-refractivity contribution in [2.24, 2.45) is 0 Å². The Balaban J connectivity index is 2.41. The summed E-state index contributed by atoms with van der Waals surface area (Å²) in [7, 11) is 1.47. The van der Waals surface area contributed by atoms with Crippen LogP contribution in [0.5, 0.6) is 11.5 Å². The molecule has 0 aliphatic rings. The van der Waals surface area contributed by atoms with Gasteiger partial charge in [0.15, 0.2) is 0 Å². The zero-order valence-corrected chi connectivity index (χ0v) is 10.8. The largest absolute Gasteiger partial charge is 0.573 e. The molecule has 2 rings (SSSR count). The van der Waals surface area contributed by atoms with Gasteiger partial charge in [-0.25, -0.2) is 0 Å². The summed E-state index contributed by atoms with van der Waals surface area (Å²) in [4.78, 5) is 3.95. The van der Waals surface area contributed by atoms with Crippen molar-refractivity contribution in [1.29, 1.82) is 5.26 Å². The first-order valence-electron chi connectivity index (χ1n) is 5.72. The maximum Gasteiger partial charge on any atom is 0.573 e. The maximum absolute atomic E-state index is 12.2. The third kappa shape index (κ3) is 3.63. The number of hydrogen-bond acceptors (Lipinski definition) is 4. The highest BCUT2D eigenvalue weighted by Crippen LogP contribution is 2.30. The van der Waals surface area contributed by atoms with E-state index in [0.29, 0.717) is 16.9 Å². The number of aromatic nitrogens is 1. The summed E-state index contributed by atoms with van der Waals surface area (Å²) in [6.07, 6.45) is -1.83. The average Bonchev–Trinajstić information content (AvgIpc) is 2.46. The van der Waals surface area contributed by atoms with Crippen LogP contribution in [0, 0.1) is 11.3 Å². The van der Waals surface area contributed by atoms with Gasteiger partial charge < -0.3 is 9.47 Å². The van der Waals surface area contributed by atoms with Gasteiger partial charge in [-0.05, 0) is 23.8 Å². The lowest BCUT2D eigenvalue weighted by Gasteiger charge is -2.11. The number of nitrogens with zero attached hydrogens (tertiary/aromatic N) is 2. The van der Waals surface area contributed by atoms with Gasteiger partial charge in [0, 0.05) is 11.8 Å². The number of halogens is 3. The highest BCUT2D eigenvalue weighted by atomic mass is 19.4. The zero-order chi connectivity index (χ0) is 15.5. The molecule has 1 aromatic heterocycles. The molecule has 4 nitrogen and oxygen atoms in total. The molecule has 0 radical (unpaired) electrons. The zero-order valence-electron chi connectivity index (χ0n) is 10.8. The highest BCUT2D eigenvalue weighted by Gasteiger charge is 2.32. The first-order chi connectivity index (χ1) is 9.93. The van der Waals surface area contributed by atoms with Gasteiger partial charge in [0.25, 0.3) is 0 Å². The Hall–Kier alpha value is -2.75. The molecule has 1 aromatic carbocycles. The predicted octanol–water partition coefficient (Wildman–Crippen LogP) is 3.53. The van der Waals surface area contributed by atoms with E-state index in [1.807, 2.05) is 0 Å². The van der Waals surface area contributed by atoms with E-state index in [9.17, 15) is 13.2 Å². The van der Waals surface area contributed by atoms with Gasteiger partial charge in [-0.3, -0.25) is 4.98 Å². The minimum Gasteiger partial charge on any atom is -0.495 e. The van der Waals surface area contributed by atoms with Crippen molar-refractivity contribution in [1.82, 2.24) is 4.98 Å². The predicted molar refractivity (Wildman–Crippen MR) is 67.6 cm³/mol. The van der Waals surface area contributed by atoms with E-state index in [0.717, 1.165) is 6.07 Å². The normalized spacial score (nSPS) is 10.8. The summed E-state index contributed by atoms with van der Waals surface area (Å²) in [5.41, 5.74) is 0.935. The van der Waals surface area contributed by atoms with E-state index in [2.05, 4.69) is 9.72 Å². The molecular weight excluding hydrogens is 285 g/mol. The van der Waals surface area contributed by atoms with Gasteiger partial charge in [0.2, 0.25) is 0 Å². The quantitative estimate of drug-likeness (QED) is 0.869. The Labute approximate surface area is 118 Å². The van der Waals surface area contributed by atoms with Crippen LogP contribution in [0.15, 0.2) is 36.7 Å². The van der Waals surface area contributed by atoms with Crippen LogP contribution in [0.25, 0.3) is 11.1 Å². The Kier molecular flexibility index (Phi) is 3.98. The average molecular weight is 294 g/mol. The van der Waals surface area contributed by atoms with Gasteiger partial charge >= 0.3 is 6.36 Å². The molecule has 0 N–H and O–H groups in total. The molecule has 2 aromatic rings. The van der Waals surface area contributed by atoms with Crippen LogP contribution in [0.2, 0.25) is 0 Å². The second-order valence-electron chi connectivity index (χ2n) is 3.98. The molecule has 0 aliphatic carbocycles. The van der Waals surface area contributed by atoms with Crippen LogP contribution < -0.4 is 9.47 Å². The van der Waals surface area contributed by atoms with Gasteiger partial charge in [-0.1, -0.05) is 6.07 Å². The Morgan fingerprint density at radius 1 is 1.14 bits per heavy atom. The number of nitriles is 1. The smallest absolute Gasteiger partial charge is 0.495 e. The van der Waals surface area contributed by atoms with E-state index >= 15 is 0 Å². The summed E-state index contributed by atoms with van der Waals surface area (Å²) >= 11 is 0. The molecule has 1 heterocycles. The molecule has 7 heteroatoms. The van der Waals surface area contributed by atoms with Crippen molar-refractivity contribution in [3.05, 3.63) is 42.2 Å². The van der Waals surface area contributed by atoms with Crippen LogP contribution in [0.1, 0.15) is 5.56 Å². The van der Waals surface area contributed by atoms with Crippen LogP contribution in [-0.4, -0.2) is 18.5 Å². The van der Waals surface area contributed by atoms with Gasteiger partial charge in [-0.15, -0.1) is 13.2 Å². The molecule has 108 valence electrons. The lowest BCUT2D eigenvalue weighted by molar-refractivity contribution is -0.274. The first kappa shape index (κ1) is 14.7. The van der Waals surface area contributed by atoms with E-state index in [4.69, 9.17) is 10.00 Å². The molecule has 0 aliphatic heterocycles. The minimum atomic E-state index is -4.84. The fourth-order valence-corrected chi connectivity index (χ4v) is 1.70. The van der Waals surface area contributed by atoms with Crippen LogP contribution in [-0.2, 0) is 0 Å². The molecule has 0 saturated carbocycles. The molecule has 21 heavy (non-hydrogen) atoms. The summed E-state index contributed by atoms with van der Waals surface area (Å²) < 4.78 is 45.5. The third-order valence-electron chi connectivity index (χ3n) is 2.61. The van der Waals surface area contributed by atoms with Crippen molar-refractivity contribution in [3.8, 4) is 28.7 Å². The fraction of sp³-hybridized carbons (Fsp3) is 0.143. The van der Waals surface area contributed by atoms with Crippen LogP contribution >= 0.6 is 0 Å². The summed E-state index contributed by atoms with van der Waals surface area (Å²) in [6, 6.07) is 7.16. The van der Waals surface area contributed by atoms with E-state index in [-0.39, 0.29) is 5.56 Å². The van der Waals surface area contributed by atoms with Gasteiger partial charge in [-0.2, -0.15) is 5.26 Å². The molecule has 0 amide bonds. The Morgan fingerprint density at radius 2 is 1.90 bits per heavy atom. The SMILES string of the molecule is COc1cncc(-c2ccc(OC(F)(F)F)c(C#N)c2)c1. The number of methoxy groups -OCH3 is 1. The van der Waals surface area contributed by atoms with Crippen molar-refractivity contribution >= 4 is 0 Å². The second kappa shape index (κ2) is 5.71. The van der Waals surface area contributed by atoms with E-state index in [1.165, 1.54) is 31.6 Å². The molecule has 0 bridgehead atoms. The minimum absolute atomic E-state index is 0.215.